The quantitative estimate of drug-likeness (QED) is 0.801. The van der Waals surface area contributed by atoms with E-state index in [0.29, 0.717) is 17.6 Å². The number of nitrogens with zero attached hydrogens (tertiary/aromatic N) is 1. The predicted octanol–water partition coefficient (Wildman–Crippen LogP) is 2.80. The van der Waals surface area contributed by atoms with E-state index in [1.807, 2.05) is 7.11 Å². The molecule has 2 atom stereocenters. The van der Waals surface area contributed by atoms with E-state index >= 15 is 0 Å². The van der Waals surface area contributed by atoms with Gasteiger partial charge in [-0.15, -0.1) is 0 Å². The molecule has 1 N–H and O–H groups in total. The van der Waals surface area contributed by atoms with Crippen molar-refractivity contribution in [2.75, 3.05) is 26.8 Å². The van der Waals surface area contributed by atoms with Crippen molar-refractivity contribution in [2.45, 2.75) is 76.4 Å². The highest BCUT2D eigenvalue weighted by Crippen LogP contribution is 2.34. The van der Waals surface area contributed by atoms with Crippen molar-refractivity contribution in [3.05, 3.63) is 0 Å². The van der Waals surface area contributed by atoms with Crippen molar-refractivity contribution in [3.8, 4) is 0 Å². The smallest absolute Gasteiger partial charge is 0.0618 e. The minimum Gasteiger partial charge on any atom is -0.383 e. The van der Waals surface area contributed by atoms with Gasteiger partial charge in [0.2, 0.25) is 0 Å². The van der Waals surface area contributed by atoms with Gasteiger partial charge >= 0.3 is 0 Å². The lowest BCUT2D eigenvalue weighted by Gasteiger charge is -2.49. The van der Waals surface area contributed by atoms with Gasteiger partial charge < -0.3 is 10.1 Å². The number of methoxy groups -OCH3 is 1. The summed E-state index contributed by atoms with van der Waals surface area (Å²) in [6.07, 6.45) is 9.30. The standard InChI is InChI=1S/C16H32N2O/c1-4-8-15(12-19-3)18-13-16(9-6-7-10-16)17-11-14(18)5-2/h14-15,17H,4-13H2,1-3H3. The van der Waals surface area contributed by atoms with E-state index in [0.717, 1.165) is 6.61 Å². The molecule has 0 aromatic carbocycles. The molecule has 1 saturated heterocycles. The van der Waals surface area contributed by atoms with Crippen molar-refractivity contribution in [2.24, 2.45) is 0 Å². The van der Waals surface area contributed by atoms with Gasteiger partial charge in [-0.2, -0.15) is 0 Å². The van der Waals surface area contributed by atoms with Crippen molar-refractivity contribution in [1.29, 1.82) is 0 Å². The van der Waals surface area contributed by atoms with Gasteiger partial charge in [0, 0.05) is 37.8 Å². The Kier molecular flexibility index (Phi) is 5.67. The molecule has 3 heteroatoms. The maximum absolute atomic E-state index is 5.49. The second-order valence-corrected chi connectivity index (χ2v) is 6.50. The topological polar surface area (TPSA) is 24.5 Å². The highest BCUT2D eigenvalue weighted by Gasteiger charge is 2.42. The van der Waals surface area contributed by atoms with Crippen molar-refractivity contribution in [3.63, 3.8) is 0 Å². The maximum Gasteiger partial charge on any atom is 0.0618 e. The monoisotopic (exact) mass is 268 g/mol. The van der Waals surface area contributed by atoms with Crippen LogP contribution in [0.2, 0.25) is 0 Å². The fourth-order valence-electron chi connectivity index (χ4n) is 4.05. The van der Waals surface area contributed by atoms with Crippen molar-refractivity contribution >= 4 is 0 Å². The van der Waals surface area contributed by atoms with Crippen molar-refractivity contribution < 1.29 is 4.74 Å². The van der Waals surface area contributed by atoms with Gasteiger partial charge in [-0.05, 0) is 25.7 Å². The fraction of sp³-hybridized carbons (Fsp3) is 1.00. The van der Waals surface area contributed by atoms with Crippen LogP contribution in [0.5, 0.6) is 0 Å². The molecule has 0 radical (unpaired) electrons. The molecule has 0 amide bonds. The average Bonchev–Trinajstić information content (AvgIpc) is 2.87. The molecule has 19 heavy (non-hydrogen) atoms. The van der Waals surface area contributed by atoms with Crippen LogP contribution in [0.4, 0.5) is 0 Å². The molecular formula is C16H32N2O. The van der Waals surface area contributed by atoms with E-state index in [4.69, 9.17) is 4.74 Å². The summed E-state index contributed by atoms with van der Waals surface area (Å²) in [4.78, 5) is 2.77. The van der Waals surface area contributed by atoms with Crippen LogP contribution >= 0.6 is 0 Å². The van der Waals surface area contributed by atoms with E-state index in [1.165, 1.54) is 58.0 Å². The highest BCUT2D eigenvalue weighted by molar-refractivity contribution is 5.02. The molecule has 0 aromatic heterocycles. The number of rotatable bonds is 6. The molecular weight excluding hydrogens is 236 g/mol. The molecule has 2 fully saturated rings. The Morgan fingerprint density at radius 3 is 2.63 bits per heavy atom. The number of piperazine rings is 1. The fourth-order valence-corrected chi connectivity index (χ4v) is 4.05. The Morgan fingerprint density at radius 1 is 1.32 bits per heavy atom. The van der Waals surface area contributed by atoms with Crippen LogP contribution in [0.1, 0.15) is 58.8 Å². The van der Waals surface area contributed by atoms with E-state index in [2.05, 4.69) is 24.1 Å². The summed E-state index contributed by atoms with van der Waals surface area (Å²) in [5.41, 5.74) is 0.422. The molecule has 1 aliphatic carbocycles. The number of hydrogen-bond acceptors (Lipinski definition) is 3. The molecule has 2 unspecified atom stereocenters. The average molecular weight is 268 g/mol. The molecule has 1 saturated carbocycles. The molecule has 2 rings (SSSR count). The van der Waals surface area contributed by atoms with Gasteiger partial charge in [-0.1, -0.05) is 33.1 Å². The lowest BCUT2D eigenvalue weighted by atomic mass is 9.90. The Morgan fingerprint density at radius 2 is 2.05 bits per heavy atom. The Labute approximate surface area is 119 Å². The van der Waals surface area contributed by atoms with Crippen LogP contribution in [0, 0.1) is 0 Å². The lowest BCUT2D eigenvalue weighted by molar-refractivity contribution is 0.00406. The van der Waals surface area contributed by atoms with Gasteiger partial charge in [0.1, 0.15) is 0 Å². The molecule has 1 heterocycles. The van der Waals surface area contributed by atoms with Gasteiger partial charge in [-0.25, -0.2) is 0 Å². The Bertz CT molecular complexity index is 257. The summed E-state index contributed by atoms with van der Waals surface area (Å²) in [5, 5.41) is 3.88. The predicted molar refractivity (Wildman–Crippen MR) is 80.6 cm³/mol. The van der Waals surface area contributed by atoms with Crippen LogP contribution < -0.4 is 5.32 Å². The first-order valence-electron chi connectivity index (χ1n) is 8.24. The van der Waals surface area contributed by atoms with Gasteiger partial charge in [0.15, 0.2) is 0 Å². The van der Waals surface area contributed by atoms with E-state index < -0.39 is 0 Å². The summed E-state index contributed by atoms with van der Waals surface area (Å²) >= 11 is 0. The van der Waals surface area contributed by atoms with Gasteiger partial charge in [0.25, 0.3) is 0 Å². The lowest BCUT2D eigenvalue weighted by Crippen LogP contribution is -2.65. The third-order valence-corrected chi connectivity index (χ3v) is 5.15. The largest absolute Gasteiger partial charge is 0.383 e. The first kappa shape index (κ1) is 15.3. The van der Waals surface area contributed by atoms with Gasteiger partial charge in [0.05, 0.1) is 6.61 Å². The summed E-state index contributed by atoms with van der Waals surface area (Å²) in [6.45, 7) is 7.90. The first-order valence-corrected chi connectivity index (χ1v) is 8.24. The maximum atomic E-state index is 5.49. The summed E-state index contributed by atoms with van der Waals surface area (Å²) in [7, 11) is 1.84. The zero-order chi connectivity index (χ0) is 13.7. The minimum atomic E-state index is 0.422. The van der Waals surface area contributed by atoms with Crippen LogP contribution in [0.15, 0.2) is 0 Å². The molecule has 2 aliphatic rings. The second kappa shape index (κ2) is 7.05. The van der Waals surface area contributed by atoms with Crippen LogP contribution in [0.3, 0.4) is 0 Å². The normalized spacial score (nSPS) is 28.9. The summed E-state index contributed by atoms with van der Waals surface area (Å²) in [6, 6.07) is 1.30. The molecule has 1 spiro atoms. The molecule has 3 nitrogen and oxygen atoms in total. The van der Waals surface area contributed by atoms with E-state index in [-0.39, 0.29) is 0 Å². The van der Waals surface area contributed by atoms with Gasteiger partial charge in [-0.3, -0.25) is 4.90 Å². The highest BCUT2D eigenvalue weighted by atomic mass is 16.5. The first-order chi connectivity index (χ1) is 9.24. The number of ether oxygens (including phenoxy) is 1. The van der Waals surface area contributed by atoms with Crippen LogP contribution in [-0.2, 0) is 4.74 Å². The van der Waals surface area contributed by atoms with E-state index in [9.17, 15) is 0 Å². The second-order valence-electron chi connectivity index (χ2n) is 6.50. The molecule has 1 aliphatic heterocycles. The summed E-state index contributed by atoms with van der Waals surface area (Å²) in [5.74, 6) is 0. The number of hydrogen-bond donors (Lipinski definition) is 1. The SMILES string of the molecule is CCCC(COC)N1CC2(CCCC2)NCC1CC. The zero-order valence-corrected chi connectivity index (χ0v) is 13.1. The molecule has 0 aromatic rings. The molecule has 0 bridgehead atoms. The van der Waals surface area contributed by atoms with Crippen LogP contribution in [-0.4, -0.2) is 49.3 Å². The summed E-state index contributed by atoms with van der Waals surface area (Å²) < 4.78 is 5.49. The Balaban J connectivity index is 2.07. The Hall–Kier alpha value is -0.120. The van der Waals surface area contributed by atoms with Crippen LogP contribution in [0.25, 0.3) is 0 Å². The third-order valence-electron chi connectivity index (χ3n) is 5.15. The van der Waals surface area contributed by atoms with Crippen molar-refractivity contribution in [1.82, 2.24) is 10.2 Å². The molecule has 112 valence electrons. The zero-order valence-electron chi connectivity index (χ0n) is 13.1. The van der Waals surface area contributed by atoms with E-state index in [1.54, 1.807) is 0 Å². The minimum absolute atomic E-state index is 0.422. The number of nitrogens with one attached hydrogen (secondary N) is 1. The third kappa shape index (κ3) is 3.50.